The minimum absolute atomic E-state index is 0.216. The summed E-state index contributed by atoms with van der Waals surface area (Å²) in [4.78, 5) is 0. The summed E-state index contributed by atoms with van der Waals surface area (Å²) < 4.78 is 10.3. The van der Waals surface area contributed by atoms with Crippen molar-refractivity contribution in [1.29, 1.82) is 0 Å². The predicted octanol–water partition coefficient (Wildman–Crippen LogP) is 1.44. The Hall–Kier alpha value is -1.69. The first-order valence-corrected chi connectivity index (χ1v) is 4.73. The molecule has 0 aliphatic rings. The molecule has 15 heavy (non-hydrogen) atoms. The maximum Gasteiger partial charge on any atom is 0.253 e. The number of nitrogens with zero attached hydrogens (tertiary/aromatic N) is 3. The predicted molar refractivity (Wildman–Crippen MR) is 51.8 cm³/mol. The summed E-state index contributed by atoms with van der Waals surface area (Å²) in [5.41, 5.74) is 6.47. The van der Waals surface area contributed by atoms with E-state index in [9.17, 15) is 0 Å². The normalized spacial score (nSPS) is 13.0. The lowest BCUT2D eigenvalue weighted by Gasteiger charge is -1.99. The molecule has 1 unspecified atom stereocenters. The summed E-state index contributed by atoms with van der Waals surface area (Å²) in [5.74, 6) is 1.48. The van der Waals surface area contributed by atoms with Gasteiger partial charge in [0.2, 0.25) is 5.89 Å². The van der Waals surface area contributed by atoms with Crippen LogP contribution in [0.4, 0.5) is 0 Å². The Morgan fingerprint density at radius 1 is 1.47 bits per heavy atom. The summed E-state index contributed by atoms with van der Waals surface area (Å²) in [7, 11) is 0. The average molecular weight is 208 g/mol. The van der Waals surface area contributed by atoms with Gasteiger partial charge in [0.05, 0.1) is 12.2 Å². The van der Waals surface area contributed by atoms with Gasteiger partial charge in [0.25, 0.3) is 5.89 Å². The summed E-state index contributed by atoms with van der Waals surface area (Å²) in [6.07, 6.45) is 2.30. The molecule has 6 heteroatoms. The van der Waals surface area contributed by atoms with Crippen molar-refractivity contribution in [2.45, 2.75) is 26.3 Å². The number of aryl methyl sites for hydroxylation is 1. The minimum atomic E-state index is -0.216. The molecule has 0 saturated carbocycles. The monoisotopic (exact) mass is 208 g/mol. The van der Waals surface area contributed by atoms with Gasteiger partial charge in [-0.3, -0.25) is 0 Å². The summed E-state index contributed by atoms with van der Waals surface area (Å²) in [5, 5.41) is 11.4. The Labute approximate surface area is 86.5 Å². The lowest BCUT2D eigenvalue weighted by molar-refractivity contribution is 0.397. The SMILES string of the molecule is CCC(N)c1nnc(-c2cnoc2C)o1. The standard InChI is InChI=1S/C9H12N4O2/c1-3-7(10)9-13-12-8(14-9)6-4-11-15-5(6)2/h4,7H,3,10H2,1-2H3. The Morgan fingerprint density at radius 3 is 2.87 bits per heavy atom. The highest BCUT2D eigenvalue weighted by Gasteiger charge is 2.16. The molecule has 0 radical (unpaired) electrons. The molecule has 2 rings (SSSR count). The fraction of sp³-hybridized carbons (Fsp3) is 0.444. The third-order valence-corrected chi connectivity index (χ3v) is 2.18. The van der Waals surface area contributed by atoms with Gasteiger partial charge in [0.1, 0.15) is 11.3 Å². The molecule has 2 N–H and O–H groups in total. The van der Waals surface area contributed by atoms with Gasteiger partial charge in [0.15, 0.2) is 0 Å². The molecule has 1 atom stereocenters. The smallest absolute Gasteiger partial charge is 0.253 e. The average Bonchev–Trinajstić information content (AvgIpc) is 2.84. The molecule has 0 aliphatic carbocycles. The van der Waals surface area contributed by atoms with Gasteiger partial charge in [0, 0.05) is 0 Å². The number of nitrogens with two attached hydrogens (primary N) is 1. The lowest BCUT2D eigenvalue weighted by Crippen LogP contribution is -2.08. The van der Waals surface area contributed by atoms with Crippen molar-refractivity contribution < 1.29 is 8.94 Å². The highest BCUT2D eigenvalue weighted by Crippen LogP contribution is 2.23. The highest BCUT2D eigenvalue weighted by molar-refractivity contribution is 5.52. The molecule has 2 aromatic heterocycles. The van der Waals surface area contributed by atoms with Gasteiger partial charge in [-0.25, -0.2) is 0 Å². The van der Waals surface area contributed by atoms with Crippen LogP contribution in [0.1, 0.15) is 31.0 Å². The van der Waals surface area contributed by atoms with Crippen molar-refractivity contribution >= 4 is 0 Å². The second kappa shape index (κ2) is 3.82. The first-order valence-electron chi connectivity index (χ1n) is 4.73. The number of rotatable bonds is 3. The van der Waals surface area contributed by atoms with E-state index in [0.717, 1.165) is 6.42 Å². The van der Waals surface area contributed by atoms with Crippen molar-refractivity contribution in [2.75, 3.05) is 0 Å². The van der Waals surface area contributed by atoms with Crippen molar-refractivity contribution in [1.82, 2.24) is 15.4 Å². The van der Waals surface area contributed by atoms with Crippen LogP contribution in [0.2, 0.25) is 0 Å². The van der Waals surface area contributed by atoms with Crippen molar-refractivity contribution in [3.05, 3.63) is 17.8 Å². The van der Waals surface area contributed by atoms with Crippen LogP contribution in [0.15, 0.2) is 15.1 Å². The zero-order chi connectivity index (χ0) is 10.8. The molecule has 0 spiro atoms. The van der Waals surface area contributed by atoms with Gasteiger partial charge in [-0.15, -0.1) is 10.2 Å². The third kappa shape index (κ3) is 1.75. The number of aromatic nitrogens is 3. The molecule has 2 heterocycles. The Morgan fingerprint density at radius 2 is 2.27 bits per heavy atom. The number of hydrogen-bond donors (Lipinski definition) is 1. The molecule has 0 aliphatic heterocycles. The van der Waals surface area contributed by atoms with E-state index in [2.05, 4.69) is 15.4 Å². The molecular weight excluding hydrogens is 196 g/mol. The first-order chi connectivity index (χ1) is 7.22. The Balaban J connectivity index is 2.32. The molecule has 2 aromatic rings. The fourth-order valence-electron chi connectivity index (χ4n) is 1.17. The molecule has 0 amide bonds. The van der Waals surface area contributed by atoms with Crippen LogP contribution in [-0.2, 0) is 0 Å². The summed E-state index contributed by atoms with van der Waals surface area (Å²) >= 11 is 0. The van der Waals surface area contributed by atoms with Crippen LogP contribution in [0.25, 0.3) is 11.5 Å². The molecule has 0 aromatic carbocycles. The van der Waals surface area contributed by atoms with Gasteiger partial charge in [-0.05, 0) is 13.3 Å². The zero-order valence-electron chi connectivity index (χ0n) is 8.60. The van der Waals surface area contributed by atoms with E-state index >= 15 is 0 Å². The molecule has 0 fully saturated rings. The highest BCUT2D eigenvalue weighted by atomic mass is 16.5. The van der Waals surface area contributed by atoms with Crippen molar-refractivity contribution in [3.63, 3.8) is 0 Å². The van der Waals surface area contributed by atoms with Crippen LogP contribution in [-0.4, -0.2) is 15.4 Å². The maximum absolute atomic E-state index is 5.76. The molecule has 0 bridgehead atoms. The Bertz CT molecular complexity index is 448. The molecule has 0 saturated heterocycles. The van der Waals surface area contributed by atoms with Gasteiger partial charge in [-0.2, -0.15) is 0 Å². The van der Waals surface area contributed by atoms with Crippen LogP contribution in [0, 0.1) is 6.92 Å². The van der Waals surface area contributed by atoms with Crippen molar-refractivity contribution in [2.24, 2.45) is 5.73 Å². The molecular formula is C9H12N4O2. The van der Waals surface area contributed by atoms with Crippen LogP contribution < -0.4 is 5.73 Å². The second-order valence-electron chi connectivity index (χ2n) is 3.26. The zero-order valence-corrected chi connectivity index (χ0v) is 8.60. The quantitative estimate of drug-likeness (QED) is 0.820. The topological polar surface area (TPSA) is 91.0 Å². The van der Waals surface area contributed by atoms with E-state index in [-0.39, 0.29) is 6.04 Å². The second-order valence-corrected chi connectivity index (χ2v) is 3.26. The van der Waals surface area contributed by atoms with Gasteiger partial charge in [-0.1, -0.05) is 12.1 Å². The van der Waals surface area contributed by atoms with Crippen molar-refractivity contribution in [3.8, 4) is 11.5 Å². The third-order valence-electron chi connectivity index (χ3n) is 2.18. The summed E-state index contributed by atoms with van der Waals surface area (Å²) in [6.45, 7) is 3.74. The lowest BCUT2D eigenvalue weighted by atomic mass is 10.2. The first kappa shape index (κ1) is 9.85. The van der Waals surface area contributed by atoms with Gasteiger partial charge >= 0.3 is 0 Å². The van der Waals surface area contributed by atoms with E-state index in [4.69, 9.17) is 14.7 Å². The minimum Gasteiger partial charge on any atom is -0.419 e. The van der Waals surface area contributed by atoms with E-state index in [1.54, 1.807) is 13.1 Å². The molecule has 6 nitrogen and oxygen atoms in total. The van der Waals surface area contributed by atoms with E-state index < -0.39 is 0 Å². The van der Waals surface area contributed by atoms with Crippen LogP contribution in [0.5, 0.6) is 0 Å². The maximum atomic E-state index is 5.76. The van der Waals surface area contributed by atoms with E-state index in [0.29, 0.717) is 23.1 Å². The Kier molecular flexibility index (Phi) is 2.51. The van der Waals surface area contributed by atoms with Crippen LogP contribution >= 0.6 is 0 Å². The summed E-state index contributed by atoms with van der Waals surface area (Å²) in [6, 6.07) is -0.216. The van der Waals surface area contributed by atoms with E-state index in [1.807, 2.05) is 6.92 Å². The van der Waals surface area contributed by atoms with Crippen LogP contribution in [0.3, 0.4) is 0 Å². The largest absolute Gasteiger partial charge is 0.419 e. The molecule has 80 valence electrons. The van der Waals surface area contributed by atoms with Gasteiger partial charge < -0.3 is 14.7 Å². The number of hydrogen-bond acceptors (Lipinski definition) is 6. The van der Waals surface area contributed by atoms with E-state index in [1.165, 1.54) is 0 Å². The fourth-order valence-corrected chi connectivity index (χ4v) is 1.17.